The molecule has 0 spiro atoms. The van der Waals surface area contributed by atoms with E-state index in [2.05, 4.69) is 79.4 Å². The monoisotopic (exact) mass is 421 g/mol. The third-order valence-electron chi connectivity index (χ3n) is 6.37. The Kier molecular flexibility index (Phi) is 14.1. The molecule has 0 radical (unpaired) electrons. The first kappa shape index (κ1) is 25.7. The number of hydrogen-bond donors (Lipinski definition) is 0. The summed E-state index contributed by atoms with van der Waals surface area (Å²) in [7, 11) is 0. The largest absolute Gasteiger partial charge is 0.303 e. The molecule has 0 heterocycles. The number of nitrogens with zero attached hydrogens (tertiary/aromatic N) is 1. The Morgan fingerprint density at radius 2 is 0.935 bits per heavy atom. The molecule has 0 bridgehead atoms. The summed E-state index contributed by atoms with van der Waals surface area (Å²) in [6.45, 7) is 8.27. The summed E-state index contributed by atoms with van der Waals surface area (Å²) in [6, 6.07) is 21.9. The molecule has 1 nitrogen and oxygen atoms in total. The van der Waals surface area contributed by atoms with Crippen molar-refractivity contribution in [3.8, 4) is 0 Å². The minimum absolute atomic E-state index is 0.875. The van der Waals surface area contributed by atoms with Crippen LogP contribution in [0.5, 0.6) is 0 Å². The lowest BCUT2D eigenvalue weighted by atomic mass is 10.0. The van der Waals surface area contributed by atoms with Crippen LogP contribution in [0.15, 0.2) is 60.7 Å². The predicted molar refractivity (Wildman–Crippen MR) is 138 cm³/mol. The summed E-state index contributed by atoms with van der Waals surface area (Å²) >= 11 is 0. The zero-order valence-electron chi connectivity index (χ0n) is 20.4. The van der Waals surface area contributed by atoms with Gasteiger partial charge in [-0.25, -0.2) is 0 Å². The van der Waals surface area contributed by atoms with Crippen LogP contribution >= 0.6 is 0 Å². The maximum Gasteiger partial charge on any atom is 0.00219 e. The number of benzene rings is 2. The molecule has 0 saturated heterocycles. The highest BCUT2D eigenvalue weighted by Gasteiger charge is 2.06. The average Bonchev–Trinajstić information content (AvgIpc) is 2.80. The van der Waals surface area contributed by atoms with Gasteiger partial charge < -0.3 is 4.90 Å². The molecule has 0 aliphatic rings. The van der Waals surface area contributed by atoms with Gasteiger partial charge in [-0.3, -0.25) is 0 Å². The summed E-state index contributed by atoms with van der Waals surface area (Å²) in [4.78, 5) is 2.69. The van der Waals surface area contributed by atoms with Gasteiger partial charge in [0.25, 0.3) is 0 Å². The van der Waals surface area contributed by atoms with Crippen molar-refractivity contribution < 1.29 is 0 Å². The molecule has 0 aromatic heterocycles. The molecule has 2 rings (SSSR count). The minimum atomic E-state index is 0.875. The highest BCUT2D eigenvalue weighted by molar-refractivity contribution is 5.16. The minimum Gasteiger partial charge on any atom is -0.303 e. The van der Waals surface area contributed by atoms with Crippen LogP contribution in [-0.2, 0) is 12.8 Å². The molecule has 0 atom stereocenters. The van der Waals surface area contributed by atoms with Gasteiger partial charge in [0.2, 0.25) is 0 Å². The molecule has 1 heteroatoms. The summed E-state index contributed by atoms with van der Waals surface area (Å²) in [6.07, 6.45) is 16.5. The second kappa shape index (κ2) is 17.0. The fourth-order valence-electron chi connectivity index (χ4n) is 4.32. The molecule has 0 amide bonds. The zero-order chi connectivity index (χ0) is 22.0. The van der Waals surface area contributed by atoms with E-state index in [9.17, 15) is 0 Å². The van der Waals surface area contributed by atoms with Crippen molar-refractivity contribution in [2.75, 3.05) is 19.6 Å². The van der Waals surface area contributed by atoms with E-state index in [1.165, 1.54) is 95.0 Å². The molecular formula is C30H47N. The topological polar surface area (TPSA) is 3.24 Å². The number of rotatable bonds is 18. The molecule has 2 aromatic rings. The zero-order valence-corrected chi connectivity index (χ0v) is 20.4. The van der Waals surface area contributed by atoms with E-state index < -0.39 is 0 Å². The molecule has 0 N–H and O–H groups in total. The second-order valence-electron chi connectivity index (χ2n) is 9.68. The van der Waals surface area contributed by atoms with Crippen LogP contribution in [0.4, 0.5) is 0 Å². The maximum absolute atomic E-state index is 2.69. The molecule has 0 aliphatic heterocycles. The van der Waals surface area contributed by atoms with Crippen LogP contribution in [0.25, 0.3) is 0 Å². The normalized spacial score (nSPS) is 11.5. The van der Waals surface area contributed by atoms with E-state index in [4.69, 9.17) is 0 Å². The van der Waals surface area contributed by atoms with Crippen molar-refractivity contribution in [3.63, 3.8) is 0 Å². The molecule has 172 valence electrons. The van der Waals surface area contributed by atoms with Gasteiger partial charge in [0, 0.05) is 13.1 Å². The Morgan fingerprint density at radius 1 is 0.516 bits per heavy atom. The quantitative estimate of drug-likeness (QED) is 0.219. The predicted octanol–water partition coefficient (Wildman–Crippen LogP) is 8.33. The van der Waals surface area contributed by atoms with Crippen molar-refractivity contribution >= 4 is 0 Å². The first-order chi connectivity index (χ1) is 15.2. The Balaban J connectivity index is 1.58. The Labute approximate surface area is 193 Å². The fourth-order valence-corrected chi connectivity index (χ4v) is 4.32. The lowest BCUT2D eigenvalue weighted by molar-refractivity contribution is 0.273. The third-order valence-corrected chi connectivity index (χ3v) is 6.37. The Bertz CT molecular complexity index is 590. The first-order valence-electron chi connectivity index (χ1n) is 13.0. The van der Waals surface area contributed by atoms with Gasteiger partial charge in [-0.05, 0) is 42.9 Å². The van der Waals surface area contributed by atoms with Crippen LogP contribution in [0.2, 0.25) is 0 Å². The second-order valence-corrected chi connectivity index (χ2v) is 9.68. The highest BCUT2D eigenvalue weighted by atomic mass is 15.1. The van der Waals surface area contributed by atoms with Crippen LogP contribution in [-0.4, -0.2) is 24.5 Å². The number of unbranched alkanes of at least 4 members (excludes halogenated alkanes) is 8. The number of hydrogen-bond acceptors (Lipinski definition) is 1. The van der Waals surface area contributed by atoms with Crippen molar-refractivity contribution in [2.45, 2.75) is 90.9 Å². The van der Waals surface area contributed by atoms with Gasteiger partial charge in [-0.15, -0.1) is 0 Å². The molecular weight excluding hydrogens is 374 g/mol. The van der Waals surface area contributed by atoms with Crippen LogP contribution in [0, 0.1) is 5.92 Å². The van der Waals surface area contributed by atoms with Crippen molar-refractivity contribution in [1.82, 2.24) is 4.90 Å². The van der Waals surface area contributed by atoms with Crippen molar-refractivity contribution in [3.05, 3.63) is 71.8 Å². The summed E-state index contributed by atoms with van der Waals surface area (Å²) in [5.74, 6) is 0.875. The van der Waals surface area contributed by atoms with Crippen LogP contribution in [0.1, 0.15) is 89.2 Å². The van der Waals surface area contributed by atoms with Crippen LogP contribution in [0.3, 0.4) is 0 Å². The lowest BCUT2D eigenvalue weighted by Crippen LogP contribution is -2.29. The van der Waals surface area contributed by atoms with Crippen LogP contribution < -0.4 is 0 Å². The van der Waals surface area contributed by atoms with Gasteiger partial charge in [-0.1, -0.05) is 132 Å². The Hall–Kier alpha value is -1.60. The van der Waals surface area contributed by atoms with E-state index in [1.807, 2.05) is 0 Å². The van der Waals surface area contributed by atoms with E-state index in [-0.39, 0.29) is 0 Å². The maximum atomic E-state index is 2.69. The van der Waals surface area contributed by atoms with E-state index in [1.54, 1.807) is 0 Å². The van der Waals surface area contributed by atoms with Gasteiger partial charge >= 0.3 is 0 Å². The fraction of sp³-hybridized carbons (Fsp3) is 0.600. The van der Waals surface area contributed by atoms with Gasteiger partial charge in [0.1, 0.15) is 0 Å². The van der Waals surface area contributed by atoms with Gasteiger partial charge in [-0.2, -0.15) is 0 Å². The van der Waals surface area contributed by atoms with Crippen molar-refractivity contribution in [1.29, 1.82) is 0 Å². The standard InChI is InChI=1S/C30H47N/c1-28(2)18-12-8-6-4-3-5-7-9-17-25-31(26-23-29-19-13-10-14-20-29)27-24-30-21-15-11-16-22-30/h10-11,13-16,19-22,28H,3-9,12,17-18,23-27H2,1-2H3. The lowest BCUT2D eigenvalue weighted by Gasteiger charge is -2.22. The van der Waals surface area contributed by atoms with Crippen molar-refractivity contribution in [2.24, 2.45) is 5.92 Å². The van der Waals surface area contributed by atoms with Gasteiger partial charge in [0.15, 0.2) is 0 Å². The van der Waals surface area contributed by atoms with E-state index >= 15 is 0 Å². The first-order valence-corrected chi connectivity index (χ1v) is 13.0. The molecule has 2 aromatic carbocycles. The molecule has 0 fully saturated rings. The average molecular weight is 422 g/mol. The Morgan fingerprint density at radius 3 is 1.39 bits per heavy atom. The van der Waals surface area contributed by atoms with Gasteiger partial charge in [0.05, 0.1) is 0 Å². The van der Waals surface area contributed by atoms with E-state index in [0.717, 1.165) is 18.8 Å². The summed E-state index contributed by atoms with van der Waals surface area (Å²) in [5.41, 5.74) is 2.92. The molecule has 0 saturated carbocycles. The molecule has 0 unspecified atom stereocenters. The van der Waals surface area contributed by atoms with E-state index in [0.29, 0.717) is 0 Å². The highest BCUT2D eigenvalue weighted by Crippen LogP contribution is 2.13. The smallest absolute Gasteiger partial charge is 0.00219 e. The summed E-state index contributed by atoms with van der Waals surface area (Å²) in [5, 5.41) is 0. The summed E-state index contributed by atoms with van der Waals surface area (Å²) < 4.78 is 0. The molecule has 31 heavy (non-hydrogen) atoms. The SMILES string of the molecule is CC(C)CCCCCCCCCCCN(CCc1ccccc1)CCc1ccccc1. The third kappa shape index (κ3) is 13.4. The molecule has 0 aliphatic carbocycles.